The summed E-state index contributed by atoms with van der Waals surface area (Å²) >= 11 is 0. The van der Waals surface area contributed by atoms with E-state index in [-0.39, 0.29) is 28.9 Å². The number of nitrogens with zero attached hydrogens (tertiary/aromatic N) is 2. The molecule has 0 atom stereocenters. The van der Waals surface area contributed by atoms with Crippen LogP contribution >= 0.6 is 0 Å². The summed E-state index contributed by atoms with van der Waals surface area (Å²) in [6.45, 7) is 3.99. The van der Waals surface area contributed by atoms with Gasteiger partial charge >= 0.3 is 0 Å². The van der Waals surface area contributed by atoms with Gasteiger partial charge in [-0.3, -0.25) is 14.6 Å². The van der Waals surface area contributed by atoms with Crippen LogP contribution < -0.4 is 10.2 Å². The van der Waals surface area contributed by atoms with Crippen molar-refractivity contribution in [3.05, 3.63) is 84.2 Å². The van der Waals surface area contributed by atoms with Crippen LogP contribution in [0, 0.1) is 0 Å². The summed E-state index contributed by atoms with van der Waals surface area (Å²) in [7, 11) is -3.26. The van der Waals surface area contributed by atoms with Crippen molar-refractivity contribution in [2.24, 2.45) is 0 Å². The van der Waals surface area contributed by atoms with Gasteiger partial charge in [-0.1, -0.05) is 19.1 Å². The molecule has 0 fully saturated rings. The highest BCUT2D eigenvalue weighted by atomic mass is 32.2. The van der Waals surface area contributed by atoms with Gasteiger partial charge in [0, 0.05) is 24.0 Å². The summed E-state index contributed by atoms with van der Waals surface area (Å²) < 4.78 is 23.8. The Morgan fingerprint density at radius 1 is 0.969 bits per heavy atom. The molecule has 166 valence electrons. The Morgan fingerprint density at radius 3 is 2.22 bits per heavy atom. The molecule has 3 aromatic rings. The fraction of sp³-hybridized carbons (Fsp3) is 0.208. The Kier molecular flexibility index (Phi) is 7.37. The number of pyridine rings is 1. The van der Waals surface area contributed by atoms with Gasteiger partial charge in [0.2, 0.25) is 5.91 Å². The fourth-order valence-corrected chi connectivity index (χ4v) is 4.06. The molecule has 32 heavy (non-hydrogen) atoms. The van der Waals surface area contributed by atoms with Crippen LogP contribution in [0.25, 0.3) is 0 Å². The van der Waals surface area contributed by atoms with E-state index in [0.29, 0.717) is 23.4 Å². The average molecular weight is 452 g/mol. The van der Waals surface area contributed by atoms with E-state index in [2.05, 4.69) is 10.3 Å². The Morgan fingerprint density at radius 2 is 1.66 bits per heavy atom. The van der Waals surface area contributed by atoms with Gasteiger partial charge in [-0.05, 0) is 61.0 Å². The first-order chi connectivity index (χ1) is 15.3. The number of aromatic nitrogens is 1. The molecule has 0 aliphatic rings. The highest BCUT2D eigenvalue weighted by molar-refractivity contribution is 7.91. The smallest absolute Gasteiger partial charge is 0.258 e. The van der Waals surface area contributed by atoms with Gasteiger partial charge in [-0.2, -0.15) is 0 Å². The third kappa shape index (κ3) is 5.59. The van der Waals surface area contributed by atoms with Crippen molar-refractivity contribution in [1.29, 1.82) is 0 Å². The molecule has 0 saturated carbocycles. The molecule has 0 aliphatic carbocycles. The number of hydrogen-bond donors (Lipinski definition) is 1. The Balaban J connectivity index is 1.63. The van der Waals surface area contributed by atoms with Gasteiger partial charge in [-0.25, -0.2) is 8.42 Å². The van der Waals surface area contributed by atoms with Gasteiger partial charge in [0.15, 0.2) is 9.84 Å². The minimum Gasteiger partial charge on any atom is -0.326 e. The fourth-order valence-electron chi connectivity index (χ4n) is 3.18. The number of hydrogen-bond acceptors (Lipinski definition) is 5. The van der Waals surface area contributed by atoms with Crippen LogP contribution in [0.15, 0.2) is 78.0 Å². The molecule has 7 nitrogen and oxygen atoms in total. The van der Waals surface area contributed by atoms with Crippen LogP contribution in [0.1, 0.15) is 29.8 Å². The number of rotatable bonds is 8. The molecular formula is C24H25N3O4S. The zero-order valence-corrected chi connectivity index (χ0v) is 18.8. The molecule has 8 heteroatoms. The number of carbonyl (C=O) groups is 2. The first-order valence-electron chi connectivity index (χ1n) is 10.3. The Labute approximate surface area is 188 Å². The van der Waals surface area contributed by atoms with Crippen LogP contribution in [0.4, 0.5) is 11.4 Å². The zero-order chi connectivity index (χ0) is 23.1. The molecule has 0 unspecified atom stereocenters. The van der Waals surface area contributed by atoms with Gasteiger partial charge in [-0.15, -0.1) is 0 Å². The second-order valence-electron chi connectivity index (χ2n) is 7.11. The molecule has 2 amide bonds. The van der Waals surface area contributed by atoms with E-state index >= 15 is 0 Å². The van der Waals surface area contributed by atoms with Crippen molar-refractivity contribution >= 4 is 33.0 Å². The van der Waals surface area contributed by atoms with Gasteiger partial charge < -0.3 is 10.2 Å². The lowest BCUT2D eigenvalue weighted by atomic mass is 10.1. The topological polar surface area (TPSA) is 96.4 Å². The van der Waals surface area contributed by atoms with Crippen LogP contribution in [0.3, 0.4) is 0 Å². The van der Waals surface area contributed by atoms with Crippen LogP contribution in [-0.2, 0) is 21.1 Å². The van der Waals surface area contributed by atoms with E-state index in [0.717, 1.165) is 5.69 Å². The van der Waals surface area contributed by atoms with Crippen molar-refractivity contribution in [3.63, 3.8) is 0 Å². The van der Waals surface area contributed by atoms with Crippen molar-refractivity contribution < 1.29 is 18.0 Å². The number of anilines is 2. The minimum absolute atomic E-state index is 0.0313. The van der Waals surface area contributed by atoms with Crippen molar-refractivity contribution in [2.75, 3.05) is 22.5 Å². The quantitative estimate of drug-likeness (QED) is 0.563. The summed E-state index contributed by atoms with van der Waals surface area (Å²) in [6.07, 6.45) is 3.40. The van der Waals surface area contributed by atoms with E-state index in [1.54, 1.807) is 66.7 Å². The Hall–Kier alpha value is -3.52. The van der Waals surface area contributed by atoms with E-state index in [1.807, 2.05) is 13.0 Å². The van der Waals surface area contributed by atoms with Crippen LogP contribution in [-0.4, -0.2) is 37.5 Å². The Bertz CT molecular complexity index is 1180. The monoisotopic (exact) mass is 451 g/mol. The summed E-state index contributed by atoms with van der Waals surface area (Å²) in [4.78, 5) is 31.1. The van der Waals surface area contributed by atoms with Crippen LogP contribution in [0.2, 0.25) is 0 Å². The van der Waals surface area contributed by atoms with E-state index in [9.17, 15) is 18.0 Å². The lowest BCUT2D eigenvalue weighted by molar-refractivity contribution is -0.115. The molecule has 0 bridgehead atoms. The van der Waals surface area contributed by atoms with Crippen molar-refractivity contribution in [3.8, 4) is 0 Å². The molecule has 0 radical (unpaired) electrons. The van der Waals surface area contributed by atoms with E-state index < -0.39 is 9.84 Å². The average Bonchev–Trinajstić information content (AvgIpc) is 2.81. The maximum absolute atomic E-state index is 12.8. The van der Waals surface area contributed by atoms with Gasteiger partial charge in [0.05, 0.1) is 29.0 Å². The molecule has 0 saturated heterocycles. The first-order valence-corrected chi connectivity index (χ1v) is 11.9. The molecule has 1 heterocycles. The largest absolute Gasteiger partial charge is 0.326 e. The van der Waals surface area contributed by atoms with Gasteiger partial charge in [0.1, 0.15) is 0 Å². The summed E-state index contributed by atoms with van der Waals surface area (Å²) in [5.74, 6) is -0.356. The van der Waals surface area contributed by atoms with Crippen molar-refractivity contribution in [2.45, 2.75) is 25.2 Å². The predicted molar refractivity (Wildman–Crippen MR) is 125 cm³/mol. The lowest BCUT2D eigenvalue weighted by Crippen LogP contribution is -2.30. The van der Waals surface area contributed by atoms with Gasteiger partial charge in [0.25, 0.3) is 5.91 Å². The molecular weight excluding hydrogens is 426 g/mol. The lowest BCUT2D eigenvalue weighted by Gasteiger charge is -2.20. The molecule has 3 rings (SSSR count). The number of carbonyl (C=O) groups excluding carboxylic acids is 2. The van der Waals surface area contributed by atoms with E-state index in [4.69, 9.17) is 0 Å². The zero-order valence-electron chi connectivity index (χ0n) is 18.0. The predicted octanol–water partition coefficient (Wildman–Crippen LogP) is 3.72. The third-order valence-electron chi connectivity index (χ3n) is 4.96. The van der Waals surface area contributed by atoms with Crippen LogP contribution in [0.5, 0.6) is 0 Å². The van der Waals surface area contributed by atoms with Crippen molar-refractivity contribution in [1.82, 2.24) is 4.98 Å². The molecule has 0 aliphatic heterocycles. The second-order valence-corrected chi connectivity index (χ2v) is 9.39. The summed E-state index contributed by atoms with van der Waals surface area (Å²) in [5, 5.41) is 2.80. The first kappa shape index (κ1) is 23.1. The number of nitrogens with one attached hydrogen (secondary N) is 1. The number of amides is 2. The summed E-state index contributed by atoms with van der Waals surface area (Å²) in [6, 6.07) is 16.6. The minimum atomic E-state index is -3.26. The molecule has 1 aromatic heterocycles. The molecule has 1 N–H and O–H groups in total. The maximum Gasteiger partial charge on any atom is 0.258 e. The van der Waals surface area contributed by atoms with E-state index in [1.165, 1.54) is 12.1 Å². The standard InChI is InChI=1S/C24H25N3O4S/c1-3-27(21-6-5-15-25-17-21)24(29)19-9-11-20(12-10-19)26-23(28)16-18-7-13-22(14-8-18)32(30,31)4-2/h5-15,17H,3-4,16H2,1-2H3,(H,26,28). The normalized spacial score (nSPS) is 11.1. The number of sulfone groups is 1. The SMILES string of the molecule is CCN(C(=O)c1ccc(NC(=O)Cc2ccc(S(=O)(=O)CC)cc2)cc1)c1cccnc1. The molecule has 0 spiro atoms. The highest BCUT2D eigenvalue weighted by Gasteiger charge is 2.16. The third-order valence-corrected chi connectivity index (χ3v) is 6.71. The number of benzene rings is 2. The maximum atomic E-state index is 12.8. The summed E-state index contributed by atoms with van der Waals surface area (Å²) in [5.41, 5.74) is 2.50. The molecule has 2 aromatic carbocycles. The highest BCUT2D eigenvalue weighted by Crippen LogP contribution is 2.18. The second kappa shape index (κ2) is 10.2.